The van der Waals surface area contributed by atoms with Gasteiger partial charge in [-0.05, 0) is 36.6 Å². The minimum Gasteiger partial charge on any atom is -0.508 e. The number of aryl methyl sites for hydroxylation is 2. The fourth-order valence-corrected chi connectivity index (χ4v) is 1.36. The summed E-state index contributed by atoms with van der Waals surface area (Å²) in [5.74, 6) is 0.370. The van der Waals surface area contributed by atoms with Crippen LogP contribution >= 0.6 is 0 Å². The Labute approximate surface area is 85.3 Å². The number of hydrogen-bond donors (Lipinski definition) is 2. The molecule has 1 aromatic rings. The van der Waals surface area contributed by atoms with Crippen LogP contribution in [0.15, 0.2) is 24.8 Å². The summed E-state index contributed by atoms with van der Waals surface area (Å²) < 4.78 is 0. The zero-order valence-corrected chi connectivity index (χ0v) is 8.80. The van der Waals surface area contributed by atoms with Crippen molar-refractivity contribution in [1.29, 1.82) is 0 Å². The van der Waals surface area contributed by atoms with Gasteiger partial charge in [0.05, 0.1) is 0 Å². The Hall–Kier alpha value is -1.28. The monoisotopic (exact) mass is 191 g/mol. The average molecular weight is 191 g/mol. The second-order valence-corrected chi connectivity index (χ2v) is 3.48. The maximum absolute atomic E-state index is 9.46. The smallest absolute Gasteiger partial charge is 0.118 e. The first-order valence-corrected chi connectivity index (χ1v) is 4.76. The molecular formula is C12H17NO. The van der Waals surface area contributed by atoms with E-state index in [1.807, 2.05) is 26.0 Å². The minimum absolute atomic E-state index is 0.370. The van der Waals surface area contributed by atoms with Crippen LogP contribution in [0.4, 0.5) is 0 Å². The van der Waals surface area contributed by atoms with Crippen molar-refractivity contribution in [2.24, 2.45) is 0 Å². The van der Waals surface area contributed by atoms with Gasteiger partial charge in [0.25, 0.3) is 0 Å². The van der Waals surface area contributed by atoms with Gasteiger partial charge in [0.1, 0.15) is 5.75 Å². The molecule has 0 spiro atoms. The molecule has 1 aromatic carbocycles. The lowest BCUT2D eigenvalue weighted by atomic mass is 10.0. The molecule has 0 unspecified atom stereocenters. The van der Waals surface area contributed by atoms with Gasteiger partial charge in [-0.1, -0.05) is 12.1 Å². The lowest BCUT2D eigenvalue weighted by Crippen LogP contribution is -2.13. The van der Waals surface area contributed by atoms with Gasteiger partial charge in [0.15, 0.2) is 0 Å². The lowest BCUT2D eigenvalue weighted by Gasteiger charge is -2.09. The van der Waals surface area contributed by atoms with Crippen molar-refractivity contribution in [3.8, 4) is 5.75 Å². The van der Waals surface area contributed by atoms with Gasteiger partial charge >= 0.3 is 0 Å². The van der Waals surface area contributed by atoms with E-state index in [4.69, 9.17) is 0 Å². The van der Waals surface area contributed by atoms with E-state index in [1.54, 1.807) is 6.07 Å². The van der Waals surface area contributed by atoms with E-state index in [1.165, 1.54) is 5.56 Å². The molecule has 0 amide bonds. The van der Waals surface area contributed by atoms with Crippen LogP contribution in [-0.4, -0.2) is 11.7 Å². The summed E-state index contributed by atoms with van der Waals surface area (Å²) in [4.78, 5) is 0. The first-order valence-electron chi connectivity index (χ1n) is 4.76. The van der Waals surface area contributed by atoms with Gasteiger partial charge in [0.2, 0.25) is 0 Å². The van der Waals surface area contributed by atoms with Crippen molar-refractivity contribution < 1.29 is 5.11 Å². The van der Waals surface area contributed by atoms with E-state index >= 15 is 0 Å². The summed E-state index contributed by atoms with van der Waals surface area (Å²) in [6, 6.07) is 3.82. The number of aromatic hydroxyl groups is 1. The van der Waals surface area contributed by atoms with Crippen molar-refractivity contribution in [2.75, 3.05) is 6.54 Å². The summed E-state index contributed by atoms with van der Waals surface area (Å²) in [5, 5.41) is 12.7. The van der Waals surface area contributed by atoms with Gasteiger partial charge in [-0.2, -0.15) is 0 Å². The second kappa shape index (κ2) is 4.82. The summed E-state index contributed by atoms with van der Waals surface area (Å²) in [6.07, 6.45) is 1.84. The third-order valence-corrected chi connectivity index (χ3v) is 2.26. The Balaban J connectivity index is 2.76. The van der Waals surface area contributed by atoms with Gasteiger partial charge < -0.3 is 10.4 Å². The van der Waals surface area contributed by atoms with Crippen LogP contribution in [0.2, 0.25) is 0 Å². The highest BCUT2D eigenvalue weighted by molar-refractivity contribution is 5.40. The first-order chi connectivity index (χ1) is 6.65. The highest BCUT2D eigenvalue weighted by Crippen LogP contribution is 2.20. The summed E-state index contributed by atoms with van der Waals surface area (Å²) >= 11 is 0. The van der Waals surface area contributed by atoms with E-state index in [0.29, 0.717) is 5.75 Å². The molecule has 2 heteroatoms. The van der Waals surface area contributed by atoms with E-state index in [-0.39, 0.29) is 0 Å². The predicted molar refractivity (Wildman–Crippen MR) is 59.5 cm³/mol. The number of rotatable bonds is 4. The Morgan fingerprint density at radius 2 is 2.07 bits per heavy atom. The largest absolute Gasteiger partial charge is 0.508 e. The molecule has 0 saturated carbocycles. The van der Waals surface area contributed by atoms with Gasteiger partial charge in [0, 0.05) is 13.1 Å². The van der Waals surface area contributed by atoms with E-state index in [9.17, 15) is 5.11 Å². The number of benzene rings is 1. The quantitative estimate of drug-likeness (QED) is 0.565. The van der Waals surface area contributed by atoms with Gasteiger partial charge in [-0.3, -0.25) is 0 Å². The Bertz CT molecular complexity index is 331. The average Bonchev–Trinajstić information content (AvgIpc) is 2.14. The van der Waals surface area contributed by atoms with Crippen molar-refractivity contribution in [2.45, 2.75) is 20.4 Å². The van der Waals surface area contributed by atoms with Crippen LogP contribution in [0, 0.1) is 13.8 Å². The van der Waals surface area contributed by atoms with Crippen molar-refractivity contribution in [1.82, 2.24) is 5.32 Å². The van der Waals surface area contributed by atoms with Crippen LogP contribution < -0.4 is 5.32 Å². The maximum Gasteiger partial charge on any atom is 0.118 e. The number of phenols is 1. The molecule has 0 aliphatic heterocycles. The molecule has 2 nitrogen and oxygen atoms in total. The first kappa shape index (κ1) is 10.8. The van der Waals surface area contributed by atoms with E-state index < -0.39 is 0 Å². The molecule has 0 saturated heterocycles. The van der Waals surface area contributed by atoms with E-state index in [2.05, 4.69) is 11.9 Å². The third-order valence-electron chi connectivity index (χ3n) is 2.26. The number of phenolic OH excluding ortho intramolecular Hbond substituents is 1. The molecule has 0 fully saturated rings. The van der Waals surface area contributed by atoms with Gasteiger partial charge in [-0.25, -0.2) is 0 Å². The molecule has 0 atom stereocenters. The maximum atomic E-state index is 9.46. The number of nitrogens with one attached hydrogen (secondary N) is 1. The van der Waals surface area contributed by atoms with Crippen LogP contribution in [0.25, 0.3) is 0 Å². The standard InChI is InChI=1S/C12H17NO/c1-4-5-13-8-11-6-10(3)12(14)7-9(11)2/h4,6-7,13-14H,1,5,8H2,2-3H3. The molecule has 0 heterocycles. The van der Waals surface area contributed by atoms with Crippen LogP contribution in [0.5, 0.6) is 5.75 Å². The van der Waals surface area contributed by atoms with Crippen LogP contribution in [0.1, 0.15) is 16.7 Å². The Morgan fingerprint density at radius 3 is 2.71 bits per heavy atom. The highest BCUT2D eigenvalue weighted by atomic mass is 16.3. The summed E-state index contributed by atoms with van der Waals surface area (Å²) in [5.41, 5.74) is 3.26. The molecule has 2 N–H and O–H groups in total. The minimum atomic E-state index is 0.370. The summed E-state index contributed by atoms with van der Waals surface area (Å²) in [7, 11) is 0. The molecule has 0 aliphatic rings. The SMILES string of the molecule is C=CCNCc1cc(C)c(O)cc1C. The summed E-state index contributed by atoms with van der Waals surface area (Å²) in [6.45, 7) is 9.18. The molecule has 76 valence electrons. The molecular weight excluding hydrogens is 174 g/mol. The number of hydrogen-bond acceptors (Lipinski definition) is 2. The predicted octanol–water partition coefficient (Wildman–Crippen LogP) is 2.28. The third kappa shape index (κ3) is 2.60. The van der Waals surface area contributed by atoms with Crippen molar-refractivity contribution >= 4 is 0 Å². The van der Waals surface area contributed by atoms with E-state index in [0.717, 1.165) is 24.2 Å². The zero-order valence-electron chi connectivity index (χ0n) is 8.80. The molecule has 0 bridgehead atoms. The molecule has 0 radical (unpaired) electrons. The lowest BCUT2D eigenvalue weighted by molar-refractivity contribution is 0.470. The van der Waals surface area contributed by atoms with Crippen molar-refractivity contribution in [3.63, 3.8) is 0 Å². The van der Waals surface area contributed by atoms with Crippen molar-refractivity contribution in [3.05, 3.63) is 41.5 Å². The fraction of sp³-hybridized carbons (Fsp3) is 0.333. The molecule has 1 rings (SSSR count). The normalized spacial score (nSPS) is 10.1. The molecule has 0 aliphatic carbocycles. The van der Waals surface area contributed by atoms with Crippen LogP contribution in [0.3, 0.4) is 0 Å². The molecule has 14 heavy (non-hydrogen) atoms. The second-order valence-electron chi connectivity index (χ2n) is 3.48. The molecule has 0 aromatic heterocycles. The van der Waals surface area contributed by atoms with Crippen LogP contribution in [-0.2, 0) is 6.54 Å². The Kier molecular flexibility index (Phi) is 3.72. The zero-order chi connectivity index (χ0) is 10.6. The topological polar surface area (TPSA) is 32.3 Å². The highest BCUT2D eigenvalue weighted by Gasteiger charge is 2.02. The van der Waals surface area contributed by atoms with Gasteiger partial charge in [-0.15, -0.1) is 6.58 Å². The Morgan fingerprint density at radius 1 is 1.36 bits per heavy atom. The fourth-order valence-electron chi connectivity index (χ4n) is 1.36.